The highest BCUT2D eigenvalue weighted by Crippen LogP contribution is 2.49. The SMILES string of the molecule is CC[C@@H]1CSC2=N[C@@H](c3ccccn3)[C@H](c3ccc(-c4ccc(C)cc4Br)o3)N21. The lowest BCUT2D eigenvalue weighted by Gasteiger charge is -2.30. The van der Waals surface area contributed by atoms with Gasteiger partial charge in [-0.2, -0.15) is 0 Å². The molecule has 4 nitrogen and oxygen atoms in total. The van der Waals surface area contributed by atoms with E-state index in [0.717, 1.165) is 44.6 Å². The third-order valence-corrected chi connectivity index (χ3v) is 7.42. The molecule has 0 radical (unpaired) electrons. The van der Waals surface area contributed by atoms with E-state index >= 15 is 0 Å². The van der Waals surface area contributed by atoms with E-state index in [4.69, 9.17) is 9.41 Å². The first-order valence-electron chi connectivity index (χ1n) is 9.92. The van der Waals surface area contributed by atoms with Gasteiger partial charge >= 0.3 is 0 Å². The van der Waals surface area contributed by atoms with Gasteiger partial charge in [0.1, 0.15) is 23.6 Å². The molecule has 3 aromatic rings. The molecule has 0 aliphatic carbocycles. The van der Waals surface area contributed by atoms with Crippen LogP contribution in [0.2, 0.25) is 0 Å². The number of benzene rings is 1. The summed E-state index contributed by atoms with van der Waals surface area (Å²) in [6.45, 7) is 4.34. The Morgan fingerprint density at radius 3 is 2.86 bits per heavy atom. The van der Waals surface area contributed by atoms with E-state index < -0.39 is 0 Å². The average molecular weight is 468 g/mol. The number of nitrogens with zero attached hydrogens (tertiary/aromatic N) is 3. The molecule has 3 atom stereocenters. The van der Waals surface area contributed by atoms with Crippen LogP contribution in [0.15, 0.2) is 68.6 Å². The van der Waals surface area contributed by atoms with Gasteiger partial charge in [0.05, 0.1) is 5.69 Å². The van der Waals surface area contributed by atoms with Crippen molar-refractivity contribution in [1.82, 2.24) is 9.88 Å². The predicted octanol–water partition coefficient (Wildman–Crippen LogP) is 6.39. The maximum atomic E-state index is 6.45. The Hall–Kier alpha value is -2.05. The molecule has 0 spiro atoms. The van der Waals surface area contributed by atoms with Crippen LogP contribution in [0, 0.1) is 6.92 Å². The van der Waals surface area contributed by atoms with E-state index in [2.05, 4.69) is 76.1 Å². The van der Waals surface area contributed by atoms with Crippen LogP contribution < -0.4 is 0 Å². The van der Waals surface area contributed by atoms with Crippen molar-refractivity contribution in [2.24, 2.45) is 4.99 Å². The molecule has 2 aliphatic heterocycles. The molecular formula is C23H22BrN3OS. The molecule has 0 saturated carbocycles. The van der Waals surface area contributed by atoms with Crippen molar-refractivity contribution < 1.29 is 4.42 Å². The zero-order valence-electron chi connectivity index (χ0n) is 16.4. The number of aliphatic imine (C=N–C) groups is 1. The summed E-state index contributed by atoms with van der Waals surface area (Å²) in [4.78, 5) is 12.1. The highest BCUT2D eigenvalue weighted by Gasteiger charge is 2.46. The van der Waals surface area contributed by atoms with Gasteiger partial charge < -0.3 is 9.32 Å². The van der Waals surface area contributed by atoms with Gasteiger partial charge in [0.15, 0.2) is 5.17 Å². The lowest BCUT2D eigenvalue weighted by Crippen LogP contribution is -2.35. The van der Waals surface area contributed by atoms with Gasteiger partial charge in [-0.05, 0) is 55.3 Å². The molecule has 1 fully saturated rings. The maximum Gasteiger partial charge on any atom is 0.161 e. The van der Waals surface area contributed by atoms with E-state index in [1.165, 1.54) is 5.56 Å². The van der Waals surface area contributed by atoms with Gasteiger partial charge in [-0.1, -0.05) is 46.7 Å². The van der Waals surface area contributed by atoms with Gasteiger partial charge in [0, 0.05) is 28.0 Å². The molecule has 0 bridgehead atoms. The van der Waals surface area contributed by atoms with E-state index in [0.29, 0.717) is 6.04 Å². The first kappa shape index (κ1) is 18.9. The Balaban J connectivity index is 1.56. The third-order valence-electron chi connectivity index (χ3n) is 5.64. The highest BCUT2D eigenvalue weighted by molar-refractivity contribution is 9.10. The van der Waals surface area contributed by atoms with Gasteiger partial charge in [0.2, 0.25) is 0 Å². The summed E-state index contributed by atoms with van der Waals surface area (Å²) in [5, 5.41) is 1.12. The summed E-state index contributed by atoms with van der Waals surface area (Å²) < 4.78 is 7.49. The number of amidine groups is 1. The molecule has 2 aliphatic rings. The van der Waals surface area contributed by atoms with Crippen molar-refractivity contribution in [2.45, 2.75) is 38.4 Å². The van der Waals surface area contributed by atoms with Crippen molar-refractivity contribution in [3.63, 3.8) is 0 Å². The Morgan fingerprint density at radius 2 is 2.10 bits per heavy atom. The number of furan rings is 1. The number of hydrogen-bond acceptors (Lipinski definition) is 5. The molecule has 5 rings (SSSR count). The molecule has 1 saturated heterocycles. The molecule has 0 N–H and O–H groups in total. The summed E-state index contributed by atoms with van der Waals surface area (Å²) >= 11 is 5.53. The van der Waals surface area contributed by atoms with Crippen LogP contribution in [-0.4, -0.2) is 26.8 Å². The largest absolute Gasteiger partial charge is 0.459 e. The summed E-state index contributed by atoms with van der Waals surface area (Å²) in [7, 11) is 0. The summed E-state index contributed by atoms with van der Waals surface area (Å²) in [6.07, 6.45) is 2.94. The number of fused-ring (bicyclic) bond motifs is 1. The summed E-state index contributed by atoms with van der Waals surface area (Å²) in [6, 6.07) is 17.0. The fraction of sp³-hybridized carbons (Fsp3) is 0.304. The minimum Gasteiger partial charge on any atom is -0.459 e. The number of aromatic nitrogens is 1. The van der Waals surface area contributed by atoms with Crippen LogP contribution in [0.4, 0.5) is 0 Å². The average Bonchev–Trinajstić information content (AvgIpc) is 3.43. The van der Waals surface area contributed by atoms with Crippen LogP contribution in [0.3, 0.4) is 0 Å². The van der Waals surface area contributed by atoms with E-state index in [1.807, 2.05) is 30.1 Å². The second-order valence-electron chi connectivity index (χ2n) is 7.52. The molecule has 29 heavy (non-hydrogen) atoms. The molecule has 6 heteroatoms. The van der Waals surface area contributed by atoms with Gasteiger partial charge in [-0.3, -0.25) is 4.98 Å². The molecule has 2 aromatic heterocycles. The number of thioether (sulfide) groups is 1. The molecular weight excluding hydrogens is 446 g/mol. The van der Waals surface area contributed by atoms with E-state index in [9.17, 15) is 0 Å². The minimum absolute atomic E-state index is 0.0397. The topological polar surface area (TPSA) is 41.6 Å². The van der Waals surface area contributed by atoms with Crippen molar-refractivity contribution in [3.8, 4) is 11.3 Å². The summed E-state index contributed by atoms with van der Waals surface area (Å²) in [5.74, 6) is 2.90. The molecule has 0 unspecified atom stereocenters. The number of rotatable bonds is 4. The second-order valence-corrected chi connectivity index (χ2v) is 9.36. The van der Waals surface area contributed by atoms with Crippen LogP contribution in [-0.2, 0) is 0 Å². The van der Waals surface area contributed by atoms with Crippen LogP contribution >= 0.6 is 27.7 Å². The third kappa shape index (κ3) is 3.32. The van der Waals surface area contributed by atoms with E-state index in [-0.39, 0.29) is 12.1 Å². The van der Waals surface area contributed by atoms with Crippen molar-refractivity contribution in [3.05, 3.63) is 76.2 Å². The quantitative estimate of drug-likeness (QED) is 0.445. The van der Waals surface area contributed by atoms with Crippen molar-refractivity contribution in [2.75, 3.05) is 5.75 Å². The zero-order valence-corrected chi connectivity index (χ0v) is 18.8. The van der Waals surface area contributed by atoms with Gasteiger partial charge in [-0.15, -0.1) is 0 Å². The lowest BCUT2D eigenvalue weighted by atomic mass is 10.0. The first-order valence-corrected chi connectivity index (χ1v) is 11.7. The summed E-state index contributed by atoms with van der Waals surface area (Å²) in [5.41, 5.74) is 3.28. The van der Waals surface area contributed by atoms with Crippen molar-refractivity contribution in [1.29, 1.82) is 0 Å². The van der Waals surface area contributed by atoms with Crippen molar-refractivity contribution >= 4 is 32.9 Å². The molecule has 0 amide bonds. The Labute approximate surface area is 183 Å². The fourth-order valence-corrected chi connectivity index (χ4v) is 6.16. The maximum absolute atomic E-state index is 6.45. The first-order chi connectivity index (χ1) is 14.2. The van der Waals surface area contributed by atoms with E-state index in [1.54, 1.807) is 0 Å². The van der Waals surface area contributed by atoms with Gasteiger partial charge in [-0.25, -0.2) is 4.99 Å². The predicted molar refractivity (Wildman–Crippen MR) is 122 cm³/mol. The minimum atomic E-state index is -0.0477. The van der Waals surface area contributed by atoms with Crippen LogP contribution in [0.5, 0.6) is 0 Å². The zero-order chi connectivity index (χ0) is 20.0. The number of pyridine rings is 1. The molecule has 4 heterocycles. The fourth-order valence-electron chi connectivity index (χ4n) is 4.14. The number of hydrogen-bond donors (Lipinski definition) is 0. The Bertz CT molecular complexity index is 1060. The monoisotopic (exact) mass is 467 g/mol. The van der Waals surface area contributed by atoms with Crippen LogP contribution in [0.1, 0.15) is 42.4 Å². The lowest BCUT2D eigenvalue weighted by molar-refractivity contribution is 0.226. The number of aryl methyl sites for hydroxylation is 1. The Kier molecular flexibility index (Phi) is 5.00. The normalized spacial score (nSPS) is 23.3. The van der Waals surface area contributed by atoms with Crippen LogP contribution in [0.25, 0.3) is 11.3 Å². The van der Waals surface area contributed by atoms with Gasteiger partial charge in [0.25, 0.3) is 0 Å². The molecule has 1 aromatic carbocycles. The standard InChI is InChI=1S/C23H22BrN3OS/c1-3-15-13-29-23-26-21(18-6-4-5-11-25-18)22(27(15)23)20-10-9-19(28-20)16-8-7-14(2)12-17(16)24/h4-12,15,21-22H,3,13H2,1-2H3/t15-,21+,22+/m1/s1. The second kappa shape index (κ2) is 7.65. The number of halogens is 1. The molecule has 148 valence electrons. The smallest absolute Gasteiger partial charge is 0.161 e. The highest BCUT2D eigenvalue weighted by atomic mass is 79.9. The Morgan fingerprint density at radius 1 is 1.21 bits per heavy atom.